The molecule has 2 N–H and O–H groups in total. The second-order valence-corrected chi connectivity index (χ2v) is 16.9. The van der Waals surface area contributed by atoms with Gasteiger partial charge in [-0.05, 0) is 47.8 Å². The molecule has 4 aliphatic heterocycles. The molecular formula is C44H57N4O4+. The fraction of sp³-hybridized carbons (Fsp3) is 0.523. The monoisotopic (exact) mass is 705 g/mol. The van der Waals surface area contributed by atoms with E-state index in [0.717, 1.165) is 36.1 Å². The van der Waals surface area contributed by atoms with E-state index in [-0.39, 0.29) is 37.1 Å². The molecular weight excluding hydrogens is 649 g/mol. The van der Waals surface area contributed by atoms with Crippen molar-refractivity contribution in [1.82, 2.24) is 15.1 Å². The number of aliphatic hydroxyl groups excluding tert-OH is 1. The molecule has 3 aromatic rings. The number of likely N-dealkylation sites (tertiary alicyclic amines) is 2. The average molecular weight is 706 g/mol. The predicted molar refractivity (Wildman–Crippen MR) is 203 cm³/mol. The van der Waals surface area contributed by atoms with Crippen LogP contribution in [-0.2, 0) is 19.8 Å². The van der Waals surface area contributed by atoms with Gasteiger partial charge in [-0.3, -0.25) is 14.4 Å². The van der Waals surface area contributed by atoms with E-state index in [0.29, 0.717) is 30.8 Å². The van der Waals surface area contributed by atoms with Crippen LogP contribution in [0.5, 0.6) is 0 Å². The summed E-state index contributed by atoms with van der Waals surface area (Å²) in [4.78, 5) is 46.1. The highest BCUT2D eigenvalue weighted by Gasteiger charge is 2.48. The summed E-state index contributed by atoms with van der Waals surface area (Å²) in [5.74, 6) is -0.0652. The minimum atomic E-state index is -0.818. The largest absolute Gasteiger partial charge is 0.391 e. The zero-order valence-electron chi connectivity index (χ0n) is 31.1. The zero-order valence-corrected chi connectivity index (χ0v) is 31.1. The van der Waals surface area contributed by atoms with Gasteiger partial charge in [0.2, 0.25) is 17.7 Å². The van der Waals surface area contributed by atoms with Gasteiger partial charge in [0.05, 0.1) is 37.7 Å². The Kier molecular flexibility index (Phi) is 10.6. The maximum atomic E-state index is 14.7. The minimum absolute atomic E-state index is 0.0876. The van der Waals surface area contributed by atoms with E-state index in [1.54, 1.807) is 9.80 Å². The minimum Gasteiger partial charge on any atom is -0.391 e. The summed E-state index contributed by atoms with van der Waals surface area (Å²) in [5, 5.41) is 14.2. The molecule has 7 rings (SSSR count). The average Bonchev–Trinajstić information content (AvgIpc) is 3.83. The molecule has 4 fully saturated rings. The van der Waals surface area contributed by atoms with E-state index < -0.39 is 23.6 Å². The van der Waals surface area contributed by atoms with Crippen molar-refractivity contribution >= 4 is 17.7 Å². The molecule has 3 aromatic carbocycles. The lowest BCUT2D eigenvalue weighted by Gasteiger charge is -2.50. The van der Waals surface area contributed by atoms with Gasteiger partial charge in [-0.1, -0.05) is 105 Å². The van der Waals surface area contributed by atoms with Gasteiger partial charge in [-0.15, -0.1) is 0 Å². The van der Waals surface area contributed by atoms with Crippen LogP contribution in [0.15, 0.2) is 91.0 Å². The maximum absolute atomic E-state index is 14.7. The van der Waals surface area contributed by atoms with Crippen LogP contribution in [0.2, 0.25) is 0 Å². The maximum Gasteiger partial charge on any atom is 0.246 e. The standard InChI is InChI=1S/C44H56N4O4/c1-43(2)22-26-48(27-23-43)25-13-14-33(32-48)30-45-41(51)38-21-12-24-46(38)42(52)39-28-37(49)31-47(39)40(50)29-44(34-15-6-3-7-16-34,35-17-8-4-9-18-35)36-19-10-5-11-20-36/h3-11,15-20,33,37-39,49H,12-14,21-32H2,1-2H3/p+1/t33-,37-,38-,39+/m1/s1. The molecule has 0 bridgehead atoms. The fourth-order valence-electron chi connectivity index (χ4n) is 9.82. The Morgan fingerprint density at radius 3 is 1.94 bits per heavy atom. The number of quaternary nitrogens is 1. The molecule has 8 heteroatoms. The number of carbonyl (C=O) groups is 3. The Bertz CT molecular complexity index is 1590. The van der Waals surface area contributed by atoms with E-state index in [1.165, 1.54) is 43.4 Å². The summed E-state index contributed by atoms with van der Waals surface area (Å²) < 4.78 is 1.19. The lowest BCUT2D eigenvalue weighted by atomic mass is 9.67. The number of hydrogen-bond donors (Lipinski definition) is 2. The molecule has 3 amide bonds. The third-order valence-corrected chi connectivity index (χ3v) is 12.9. The van der Waals surface area contributed by atoms with Crippen molar-refractivity contribution in [2.24, 2.45) is 11.3 Å². The molecule has 4 saturated heterocycles. The van der Waals surface area contributed by atoms with E-state index in [4.69, 9.17) is 0 Å². The Morgan fingerprint density at radius 2 is 1.37 bits per heavy atom. The highest BCUT2D eigenvalue weighted by atomic mass is 16.3. The Morgan fingerprint density at radius 1 is 0.788 bits per heavy atom. The van der Waals surface area contributed by atoms with Crippen LogP contribution >= 0.6 is 0 Å². The SMILES string of the molecule is CC1(C)CC[N+]2(CCC[C@H](CNC(=O)[C@H]3CCCN3C(=O)[C@@H]3C[C@@H](O)CN3C(=O)CC(c3ccccc3)(c3ccccc3)c3ccccc3)C2)CC1. The number of benzene rings is 3. The van der Waals surface area contributed by atoms with Crippen LogP contribution in [0.1, 0.15) is 81.9 Å². The van der Waals surface area contributed by atoms with Crippen LogP contribution in [0.4, 0.5) is 0 Å². The first-order chi connectivity index (χ1) is 25.1. The third kappa shape index (κ3) is 7.42. The first-order valence-electron chi connectivity index (χ1n) is 19.7. The summed E-state index contributed by atoms with van der Waals surface area (Å²) in [6, 6.07) is 28.9. The van der Waals surface area contributed by atoms with Crippen molar-refractivity contribution < 1.29 is 24.0 Å². The molecule has 8 nitrogen and oxygen atoms in total. The quantitative estimate of drug-likeness (QED) is 0.227. The van der Waals surface area contributed by atoms with Gasteiger partial charge in [0, 0.05) is 51.2 Å². The fourth-order valence-corrected chi connectivity index (χ4v) is 9.82. The van der Waals surface area contributed by atoms with Crippen LogP contribution in [0.3, 0.4) is 0 Å². The van der Waals surface area contributed by atoms with Gasteiger partial charge in [0.15, 0.2) is 0 Å². The molecule has 4 aliphatic rings. The van der Waals surface area contributed by atoms with Crippen LogP contribution in [0, 0.1) is 11.3 Å². The number of amides is 3. The van der Waals surface area contributed by atoms with E-state index >= 15 is 0 Å². The molecule has 0 saturated carbocycles. The first kappa shape index (κ1) is 36.4. The van der Waals surface area contributed by atoms with Crippen molar-refractivity contribution in [2.45, 2.75) is 88.8 Å². The molecule has 0 aliphatic carbocycles. The second kappa shape index (κ2) is 15.2. The van der Waals surface area contributed by atoms with Crippen molar-refractivity contribution in [3.63, 3.8) is 0 Å². The van der Waals surface area contributed by atoms with Crippen molar-refractivity contribution in [2.75, 3.05) is 45.8 Å². The van der Waals surface area contributed by atoms with Crippen molar-refractivity contribution in [3.05, 3.63) is 108 Å². The number of hydrogen-bond acceptors (Lipinski definition) is 4. The lowest BCUT2D eigenvalue weighted by molar-refractivity contribution is -0.942. The lowest BCUT2D eigenvalue weighted by Crippen LogP contribution is -2.60. The predicted octanol–water partition coefficient (Wildman–Crippen LogP) is 5.53. The van der Waals surface area contributed by atoms with Gasteiger partial charge in [-0.25, -0.2) is 0 Å². The number of carbonyl (C=O) groups excluding carboxylic acids is 3. The van der Waals surface area contributed by atoms with Gasteiger partial charge in [0.25, 0.3) is 0 Å². The number of nitrogens with zero attached hydrogens (tertiary/aromatic N) is 3. The van der Waals surface area contributed by atoms with Crippen LogP contribution in [-0.4, -0.2) is 101 Å². The second-order valence-electron chi connectivity index (χ2n) is 16.9. The summed E-state index contributed by atoms with van der Waals surface area (Å²) in [7, 11) is 0. The summed E-state index contributed by atoms with van der Waals surface area (Å²) in [6.45, 7) is 10.8. The molecule has 1 spiro atoms. The van der Waals surface area contributed by atoms with Gasteiger partial charge >= 0.3 is 0 Å². The summed E-state index contributed by atoms with van der Waals surface area (Å²) in [6.07, 6.45) is 5.64. The molecule has 0 unspecified atom stereocenters. The molecule has 276 valence electrons. The van der Waals surface area contributed by atoms with Crippen molar-refractivity contribution in [3.8, 4) is 0 Å². The van der Waals surface area contributed by atoms with E-state index in [1.807, 2.05) is 54.6 Å². The van der Waals surface area contributed by atoms with Gasteiger partial charge in [0.1, 0.15) is 12.1 Å². The van der Waals surface area contributed by atoms with Crippen molar-refractivity contribution in [1.29, 1.82) is 0 Å². The molecule has 4 atom stereocenters. The summed E-state index contributed by atoms with van der Waals surface area (Å²) >= 11 is 0. The van der Waals surface area contributed by atoms with Crippen LogP contribution < -0.4 is 5.32 Å². The topological polar surface area (TPSA) is 89.9 Å². The molecule has 0 aromatic heterocycles. The normalized spacial score (nSPS) is 25.6. The van der Waals surface area contributed by atoms with Gasteiger partial charge in [-0.2, -0.15) is 0 Å². The summed E-state index contributed by atoms with van der Waals surface area (Å²) in [5.41, 5.74) is 2.55. The molecule has 52 heavy (non-hydrogen) atoms. The Balaban J connectivity index is 1.07. The van der Waals surface area contributed by atoms with E-state index in [9.17, 15) is 19.5 Å². The number of β-amino-alcohol motifs (C(OH)–C–C–N with tert-alkyl or cyclic N) is 1. The van der Waals surface area contributed by atoms with E-state index in [2.05, 4.69) is 55.6 Å². The molecule has 4 heterocycles. The zero-order chi connectivity index (χ0) is 36.3. The number of nitrogens with one attached hydrogen (secondary N) is 1. The highest BCUT2D eigenvalue weighted by Crippen LogP contribution is 2.43. The smallest absolute Gasteiger partial charge is 0.246 e. The first-order valence-corrected chi connectivity index (χ1v) is 19.7. The number of aliphatic hydroxyl groups is 1. The third-order valence-electron chi connectivity index (χ3n) is 12.9. The number of rotatable bonds is 9. The van der Waals surface area contributed by atoms with Gasteiger partial charge < -0.3 is 24.7 Å². The number of piperidine rings is 2. The highest BCUT2D eigenvalue weighted by molar-refractivity contribution is 5.93. The Hall–Kier alpha value is -4.01. The van der Waals surface area contributed by atoms with Crippen LogP contribution in [0.25, 0.3) is 0 Å². The Labute approximate surface area is 309 Å². The molecule has 0 radical (unpaired) electrons.